The number of rotatable bonds is 6. The lowest BCUT2D eigenvalue weighted by Crippen LogP contribution is -2.36. The Bertz CT molecular complexity index is 1180. The highest BCUT2D eigenvalue weighted by atomic mass is 32.2. The molecule has 0 saturated carbocycles. The standard InChI is InChI=1S/C19H16N4O6S2/c20-31(28,29)14-8-6-13(7-9-14)22-17(25)11-23-18(26)15(30-19(23)27)10-16(24)21-12-4-2-1-3-5-12/h1-10H,11H2,(H,21,24)(H,22,25)(H2,20,28,29)/b15-10-. The van der Waals surface area contributed by atoms with E-state index in [1.165, 1.54) is 24.3 Å². The van der Waals surface area contributed by atoms with Crippen LogP contribution in [-0.2, 0) is 24.4 Å². The lowest BCUT2D eigenvalue weighted by atomic mass is 10.3. The second-order valence-electron chi connectivity index (χ2n) is 6.24. The molecule has 1 fully saturated rings. The average Bonchev–Trinajstić information content (AvgIpc) is 2.95. The van der Waals surface area contributed by atoms with E-state index in [0.29, 0.717) is 22.3 Å². The maximum Gasteiger partial charge on any atom is 0.294 e. The second-order valence-corrected chi connectivity index (χ2v) is 8.80. The van der Waals surface area contributed by atoms with E-state index in [1.54, 1.807) is 30.3 Å². The number of nitrogens with zero attached hydrogens (tertiary/aromatic N) is 1. The number of anilines is 2. The van der Waals surface area contributed by atoms with Crippen molar-refractivity contribution in [2.24, 2.45) is 5.14 Å². The molecule has 2 aromatic carbocycles. The number of thioether (sulfide) groups is 1. The predicted octanol–water partition coefficient (Wildman–Crippen LogP) is 1.49. The van der Waals surface area contributed by atoms with Crippen molar-refractivity contribution in [3.05, 3.63) is 65.6 Å². The molecule has 0 aromatic heterocycles. The number of imide groups is 1. The zero-order chi connectivity index (χ0) is 22.6. The summed E-state index contributed by atoms with van der Waals surface area (Å²) in [4.78, 5) is 49.3. The first-order valence-electron chi connectivity index (χ1n) is 8.67. The number of amides is 4. The van der Waals surface area contributed by atoms with Crippen molar-refractivity contribution in [3.8, 4) is 0 Å². The van der Waals surface area contributed by atoms with Crippen LogP contribution in [0.3, 0.4) is 0 Å². The van der Waals surface area contributed by atoms with E-state index in [2.05, 4.69) is 10.6 Å². The minimum atomic E-state index is -3.87. The molecule has 2 aromatic rings. The molecule has 0 unspecified atom stereocenters. The summed E-state index contributed by atoms with van der Waals surface area (Å²) in [6, 6.07) is 13.6. The summed E-state index contributed by atoms with van der Waals surface area (Å²) >= 11 is 0.551. The minimum Gasteiger partial charge on any atom is -0.325 e. The van der Waals surface area contributed by atoms with Gasteiger partial charge in [-0.05, 0) is 48.2 Å². The fourth-order valence-electron chi connectivity index (χ4n) is 2.53. The van der Waals surface area contributed by atoms with Gasteiger partial charge in [-0.3, -0.25) is 24.1 Å². The largest absolute Gasteiger partial charge is 0.325 e. The van der Waals surface area contributed by atoms with Crippen molar-refractivity contribution in [1.29, 1.82) is 0 Å². The van der Waals surface area contributed by atoms with Crippen molar-refractivity contribution in [1.82, 2.24) is 4.90 Å². The first kappa shape index (κ1) is 22.2. The summed E-state index contributed by atoms with van der Waals surface area (Å²) in [6.07, 6.45) is 1.00. The van der Waals surface area contributed by atoms with Gasteiger partial charge >= 0.3 is 0 Å². The number of carbonyl (C=O) groups is 4. The van der Waals surface area contributed by atoms with Crippen molar-refractivity contribution in [2.45, 2.75) is 4.90 Å². The highest BCUT2D eigenvalue weighted by molar-refractivity contribution is 8.18. The van der Waals surface area contributed by atoms with Gasteiger partial charge in [0.15, 0.2) is 0 Å². The topological polar surface area (TPSA) is 156 Å². The predicted molar refractivity (Wildman–Crippen MR) is 114 cm³/mol. The first-order valence-corrected chi connectivity index (χ1v) is 11.0. The molecule has 0 spiro atoms. The van der Waals surface area contributed by atoms with E-state index in [4.69, 9.17) is 5.14 Å². The third kappa shape index (κ3) is 5.78. The third-order valence-electron chi connectivity index (χ3n) is 3.95. The van der Waals surface area contributed by atoms with Crippen LogP contribution in [0.1, 0.15) is 0 Å². The van der Waals surface area contributed by atoms with E-state index < -0.39 is 39.5 Å². The smallest absolute Gasteiger partial charge is 0.294 e. The molecule has 10 nitrogen and oxygen atoms in total. The molecule has 1 heterocycles. The number of sulfonamides is 1. The molecule has 1 aliphatic rings. The van der Waals surface area contributed by atoms with Crippen LogP contribution >= 0.6 is 11.8 Å². The second kappa shape index (κ2) is 9.12. The summed E-state index contributed by atoms with van der Waals surface area (Å²) < 4.78 is 22.5. The summed E-state index contributed by atoms with van der Waals surface area (Å²) in [5, 5.41) is 9.33. The Morgan fingerprint density at radius 2 is 1.58 bits per heavy atom. The molecule has 0 atom stereocenters. The van der Waals surface area contributed by atoms with Crippen LogP contribution in [0, 0.1) is 0 Å². The van der Waals surface area contributed by atoms with Crippen molar-refractivity contribution in [3.63, 3.8) is 0 Å². The monoisotopic (exact) mass is 460 g/mol. The summed E-state index contributed by atoms with van der Waals surface area (Å²) in [5.74, 6) is -2.03. The molecule has 160 valence electrons. The molecular formula is C19H16N4O6S2. The number of nitrogens with two attached hydrogens (primary N) is 1. The van der Waals surface area contributed by atoms with E-state index >= 15 is 0 Å². The van der Waals surface area contributed by atoms with Gasteiger partial charge in [0.2, 0.25) is 21.8 Å². The first-order chi connectivity index (χ1) is 14.6. The highest BCUT2D eigenvalue weighted by Crippen LogP contribution is 2.30. The van der Waals surface area contributed by atoms with Gasteiger partial charge in [-0.25, -0.2) is 13.6 Å². The van der Waals surface area contributed by atoms with Crippen molar-refractivity contribution >= 4 is 56.1 Å². The van der Waals surface area contributed by atoms with Crippen LogP contribution in [0.25, 0.3) is 0 Å². The van der Waals surface area contributed by atoms with E-state index in [-0.39, 0.29) is 15.5 Å². The molecule has 0 bridgehead atoms. The Kier molecular flexibility index (Phi) is 6.53. The molecule has 12 heteroatoms. The van der Waals surface area contributed by atoms with Gasteiger partial charge in [0.1, 0.15) is 6.54 Å². The molecule has 4 N–H and O–H groups in total. The highest BCUT2D eigenvalue weighted by Gasteiger charge is 2.36. The van der Waals surface area contributed by atoms with Crippen molar-refractivity contribution < 1.29 is 27.6 Å². The molecule has 1 aliphatic heterocycles. The molecule has 0 radical (unpaired) electrons. The molecule has 0 aliphatic carbocycles. The van der Waals surface area contributed by atoms with Gasteiger partial charge < -0.3 is 10.6 Å². The number of hydrogen-bond donors (Lipinski definition) is 3. The van der Waals surface area contributed by atoms with E-state index in [9.17, 15) is 27.6 Å². The van der Waals surface area contributed by atoms with Crippen LogP contribution in [-0.4, -0.2) is 42.8 Å². The zero-order valence-electron chi connectivity index (χ0n) is 15.8. The number of primary sulfonamides is 1. The maximum absolute atomic E-state index is 12.4. The van der Waals surface area contributed by atoms with Crippen LogP contribution < -0.4 is 15.8 Å². The Balaban J connectivity index is 1.61. The summed E-state index contributed by atoms with van der Waals surface area (Å²) in [5.41, 5.74) is 0.776. The molecule has 1 saturated heterocycles. The normalized spacial score (nSPS) is 15.3. The molecule has 4 amide bonds. The summed E-state index contributed by atoms with van der Waals surface area (Å²) in [6.45, 7) is -0.570. The SMILES string of the molecule is NS(=O)(=O)c1ccc(NC(=O)CN2C(=O)S/C(=C\C(=O)Nc3ccccc3)C2=O)cc1. The quantitative estimate of drug-likeness (QED) is 0.551. The van der Waals surface area contributed by atoms with E-state index in [1.807, 2.05) is 0 Å². The Labute approximate surface area is 181 Å². The Hall–Kier alpha value is -3.48. The summed E-state index contributed by atoms with van der Waals surface area (Å²) in [7, 11) is -3.87. The number of para-hydroxylation sites is 1. The van der Waals surface area contributed by atoms with Crippen LogP contribution in [0.15, 0.2) is 70.5 Å². The zero-order valence-corrected chi connectivity index (χ0v) is 17.4. The Morgan fingerprint density at radius 1 is 0.968 bits per heavy atom. The molecule has 3 rings (SSSR count). The van der Waals surface area contributed by atoms with Gasteiger partial charge in [-0.1, -0.05) is 18.2 Å². The van der Waals surface area contributed by atoms with Gasteiger partial charge in [-0.15, -0.1) is 0 Å². The third-order valence-corrected chi connectivity index (χ3v) is 5.78. The minimum absolute atomic E-state index is 0.108. The average molecular weight is 460 g/mol. The number of carbonyl (C=O) groups excluding carboxylic acids is 4. The molecular weight excluding hydrogens is 444 g/mol. The lowest BCUT2D eigenvalue weighted by Gasteiger charge is -2.12. The molecule has 31 heavy (non-hydrogen) atoms. The number of nitrogens with one attached hydrogen (secondary N) is 2. The van der Waals surface area contributed by atoms with Gasteiger partial charge in [0.05, 0.1) is 9.80 Å². The van der Waals surface area contributed by atoms with Crippen LogP contribution in [0.2, 0.25) is 0 Å². The lowest BCUT2D eigenvalue weighted by molar-refractivity contribution is -0.127. The fourth-order valence-corrected chi connectivity index (χ4v) is 3.85. The number of hydrogen-bond acceptors (Lipinski definition) is 7. The van der Waals surface area contributed by atoms with Crippen LogP contribution in [0.5, 0.6) is 0 Å². The van der Waals surface area contributed by atoms with E-state index in [0.717, 1.165) is 6.08 Å². The Morgan fingerprint density at radius 3 is 2.19 bits per heavy atom. The van der Waals surface area contributed by atoms with Crippen LogP contribution in [0.4, 0.5) is 16.2 Å². The van der Waals surface area contributed by atoms with Gasteiger partial charge in [-0.2, -0.15) is 0 Å². The number of benzene rings is 2. The maximum atomic E-state index is 12.4. The van der Waals surface area contributed by atoms with Gasteiger partial charge in [0, 0.05) is 17.5 Å². The fraction of sp³-hybridized carbons (Fsp3) is 0.0526. The van der Waals surface area contributed by atoms with Crippen molar-refractivity contribution in [2.75, 3.05) is 17.2 Å². The van der Waals surface area contributed by atoms with Gasteiger partial charge in [0.25, 0.3) is 11.1 Å².